The molecule has 158 valence electrons. The lowest BCUT2D eigenvalue weighted by atomic mass is 10.2. The van der Waals surface area contributed by atoms with Crippen LogP contribution in [0.4, 0.5) is 0 Å². The third kappa shape index (κ3) is 6.67. The number of nitrogens with zero attached hydrogens (tertiary/aromatic N) is 3. The summed E-state index contributed by atoms with van der Waals surface area (Å²) in [5.41, 5.74) is 2.60. The molecule has 4 nitrogen and oxygen atoms in total. The average Bonchev–Trinajstić information content (AvgIpc) is 3.15. The molecule has 3 rings (SSSR count). The highest BCUT2D eigenvalue weighted by atomic mass is 32.2. The molecule has 0 bridgehead atoms. The van der Waals surface area contributed by atoms with Crippen molar-refractivity contribution >= 4 is 23.5 Å². The van der Waals surface area contributed by atoms with E-state index in [1.807, 2.05) is 18.2 Å². The predicted molar refractivity (Wildman–Crippen MR) is 128 cm³/mol. The monoisotopic (exact) mass is 439 g/mol. The summed E-state index contributed by atoms with van der Waals surface area (Å²) >= 11 is 3.51. The molecule has 1 heterocycles. The van der Waals surface area contributed by atoms with Crippen molar-refractivity contribution in [2.24, 2.45) is 0 Å². The van der Waals surface area contributed by atoms with Crippen molar-refractivity contribution in [2.45, 2.75) is 49.0 Å². The van der Waals surface area contributed by atoms with Crippen LogP contribution in [0.15, 0.2) is 71.2 Å². The first-order valence-corrected chi connectivity index (χ1v) is 12.2. The van der Waals surface area contributed by atoms with Gasteiger partial charge in [-0.1, -0.05) is 54.6 Å². The van der Waals surface area contributed by atoms with Gasteiger partial charge in [0.1, 0.15) is 11.6 Å². The molecule has 2 aromatic carbocycles. The molecule has 3 aromatic rings. The minimum absolute atomic E-state index is 0.699. The summed E-state index contributed by atoms with van der Waals surface area (Å²) in [6.07, 6.45) is 3.90. The number of aryl methyl sites for hydroxylation is 2. The second-order valence-electron chi connectivity index (χ2n) is 6.95. The maximum absolute atomic E-state index is 5.85. The smallest absolute Gasteiger partial charge is 0.191 e. The molecule has 0 radical (unpaired) electrons. The first kappa shape index (κ1) is 22.5. The van der Waals surface area contributed by atoms with Crippen molar-refractivity contribution < 1.29 is 4.74 Å². The Labute approximate surface area is 188 Å². The van der Waals surface area contributed by atoms with E-state index in [1.165, 1.54) is 16.0 Å². The van der Waals surface area contributed by atoms with Crippen molar-refractivity contribution in [3.63, 3.8) is 0 Å². The number of thioether (sulfide) groups is 2. The summed E-state index contributed by atoms with van der Waals surface area (Å²) in [5, 5.41) is 9.78. The molecule has 0 amide bonds. The summed E-state index contributed by atoms with van der Waals surface area (Å²) in [6, 6.07) is 16.9. The lowest BCUT2D eigenvalue weighted by Crippen LogP contribution is -2.04. The highest BCUT2D eigenvalue weighted by Gasteiger charge is 2.12. The van der Waals surface area contributed by atoms with Gasteiger partial charge in [-0.05, 0) is 49.6 Å². The van der Waals surface area contributed by atoms with Gasteiger partial charge >= 0.3 is 0 Å². The summed E-state index contributed by atoms with van der Waals surface area (Å²) in [6.45, 7) is 9.57. The maximum Gasteiger partial charge on any atom is 0.191 e. The van der Waals surface area contributed by atoms with E-state index in [-0.39, 0.29) is 0 Å². The Morgan fingerprint density at radius 2 is 1.80 bits per heavy atom. The van der Waals surface area contributed by atoms with Crippen molar-refractivity contribution in [3.8, 4) is 5.75 Å². The number of rotatable bonds is 12. The van der Waals surface area contributed by atoms with Gasteiger partial charge in [0.15, 0.2) is 5.16 Å². The second-order valence-corrected chi connectivity index (χ2v) is 9.06. The van der Waals surface area contributed by atoms with Crippen molar-refractivity contribution in [1.29, 1.82) is 0 Å². The van der Waals surface area contributed by atoms with E-state index in [0.717, 1.165) is 47.6 Å². The molecule has 0 aliphatic rings. The van der Waals surface area contributed by atoms with Gasteiger partial charge in [0.2, 0.25) is 0 Å². The van der Waals surface area contributed by atoms with E-state index >= 15 is 0 Å². The van der Waals surface area contributed by atoms with Gasteiger partial charge in [-0.3, -0.25) is 0 Å². The predicted octanol–water partition coefficient (Wildman–Crippen LogP) is 6.19. The van der Waals surface area contributed by atoms with E-state index in [0.29, 0.717) is 6.61 Å². The third-order valence-electron chi connectivity index (χ3n) is 4.61. The molecule has 0 unspecified atom stereocenters. The van der Waals surface area contributed by atoms with Gasteiger partial charge in [-0.15, -0.1) is 28.5 Å². The van der Waals surface area contributed by atoms with Crippen LogP contribution in [0, 0.1) is 6.92 Å². The fourth-order valence-corrected chi connectivity index (χ4v) is 4.58. The van der Waals surface area contributed by atoms with Crippen molar-refractivity contribution in [1.82, 2.24) is 14.8 Å². The van der Waals surface area contributed by atoms with E-state index in [2.05, 4.69) is 71.6 Å². The normalized spacial score (nSPS) is 10.9. The molecule has 30 heavy (non-hydrogen) atoms. The quantitative estimate of drug-likeness (QED) is 0.191. The van der Waals surface area contributed by atoms with E-state index < -0.39 is 0 Å². The number of hydrogen-bond acceptors (Lipinski definition) is 5. The molecule has 0 spiro atoms. The first-order valence-electron chi connectivity index (χ1n) is 10.3. The first-order chi connectivity index (χ1) is 14.7. The van der Waals surface area contributed by atoms with Gasteiger partial charge < -0.3 is 9.30 Å². The summed E-state index contributed by atoms with van der Waals surface area (Å²) in [5.74, 6) is 3.65. The number of hydrogen-bond donors (Lipinski definition) is 0. The van der Waals surface area contributed by atoms with Crippen LogP contribution in [0.1, 0.15) is 30.3 Å². The topological polar surface area (TPSA) is 39.9 Å². The minimum Gasteiger partial charge on any atom is -0.494 e. The lowest BCUT2D eigenvalue weighted by molar-refractivity contribution is 0.318. The van der Waals surface area contributed by atoms with Crippen molar-refractivity contribution in [2.75, 3.05) is 12.4 Å². The Morgan fingerprint density at radius 1 is 1.03 bits per heavy atom. The third-order valence-corrected chi connectivity index (χ3v) is 6.68. The molecule has 0 saturated heterocycles. The molecule has 0 atom stereocenters. The standard InChI is InChI=1S/C24H29N3OS2/c1-4-15-27-23(18-30-22-13-7-19(3)8-14-22)25-26-24(27)29-17-6-16-28-21-11-9-20(5-2)10-12-21/h4,7-14H,1,5-6,15-18H2,2-3H3. The van der Waals surface area contributed by atoms with Crippen LogP contribution < -0.4 is 4.74 Å². The molecule has 0 aliphatic heterocycles. The Hall–Kier alpha value is -2.18. The van der Waals surface area contributed by atoms with Gasteiger partial charge in [0.25, 0.3) is 0 Å². The molecular weight excluding hydrogens is 410 g/mol. The van der Waals surface area contributed by atoms with E-state index in [1.54, 1.807) is 23.5 Å². The number of aromatic nitrogens is 3. The Bertz CT molecular complexity index is 921. The van der Waals surface area contributed by atoms with E-state index in [9.17, 15) is 0 Å². The van der Waals surface area contributed by atoms with Gasteiger partial charge in [-0.2, -0.15) is 0 Å². The van der Waals surface area contributed by atoms with Crippen LogP contribution in [0.25, 0.3) is 0 Å². The number of allylic oxidation sites excluding steroid dienone is 1. The molecule has 0 saturated carbocycles. The number of ether oxygens (including phenoxy) is 1. The van der Waals surface area contributed by atoms with Crippen LogP contribution >= 0.6 is 23.5 Å². The Morgan fingerprint density at radius 3 is 2.50 bits per heavy atom. The molecule has 0 fully saturated rings. The van der Waals surface area contributed by atoms with Crippen LogP contribution in [0.5, 0.6) is 5.75 Å². The largest absolute Gasteiger partial charge is 0.494 e. The summed E-state index contributed by atoms with van der Waals surface area (Å²) in [7, 11) is 0. The Balaban J connectivity index is 1.47. The van der Waals surface area contributed by atoms with Gasteiger partial charge in [0.05, 0.1) is 12.4 Å². The minimum atomic E-state index is 0.699. The second kappa shape index (κ2) is 11.9. The molecule has 6 heteroatoms. The zero-order valence-electron chi connectivity index (χ0n) is 17.7. The van der Waals surface area contributed by atoms with Gasteiger partial charge in [-0.25, -0.2) is 0 Å². The zero-order valence-corrected chi connectivity index (χ0v) is 19.3. The Kier molecular flexibility index (Phi) is 8.90. The highest BCUT2D eigenvalue weighted by molar-refractivity contribution is 7.99. The fraction of sp³-hybridized carbons (Fsp3) is 0.333. The zero-order chi connectivity index (χ0) is 21.2. The van der Waals surface area contributed by atoms with E-state index in [4.69, 9.17) is 4.74 Å². The fourth-order valence-electron chi connectivity index (χ4n) is 2.86. The van der Waals surface area contributed by atoms with Crippen LogP contribution in [0.3, 0.4) is 0 Å². The SMILES string of the molecule is C=CCn1c(CSc2ccc(C)cc2)nnc1SCCCOc1ccc(CC)cc1. The number of benzene rings is 2. The van der Waals surface area contributed by atoms with Gasteiger partial charge in [0, 0.05) is 17.2 Å². The molecule has 0 N–H and O–H groups in total. The van der Waals surface area contributed by atoms with Crippen molar-refractivity contribution in [3.05, 3.63) is 78.1 Å². The maximum atomic E-state index is 5.85. The summed E-state index contributed by atoms with van der Waals surface area (Å²) < 4.78 is 8.00. The average molecular weight is 440 g/mol. The van der Waals surface area contributed by atoms with Crippen LogP contribution in [-0.4, -0.2) is 27.1 Å². The van der Waals surface area contributed by atoms with Crippen LogP contribution in [0.2, 0.25) is 0 Å². The highest BCUT2D eigenvalue weighted by Crippen LogP contribution is 2.25. The molecule has 1 aromatic heterocycles. The molecular formula is C24H29N3OS2. The van der Waals surface area contributed by atoms with Crippen LogP contribution in [-0.2, 0) is 18.7 Å². The summed E-state index contributed by atoms with van der Waals surface area (Å²) in [4.78, 5) is 1.24. The molecule has 0 aliphatic carbocycles. The lowest BCUT2D eigenvalue weighted by Gasteiger charge is -2.09.